The number of hydrogen-bond donors (Lipinski definition) is 1. The van der Waals surface area contributed by atoms with E-state index in [2.05, 4.69) is 62.9 Å². The van der Waals surface area contributed by atoms with E-state index in [1.807, 2.05) is 31.2 Å². The number of aromatic nitrogens is 3. The quantitative estimate of drug-likeness (QED) is 0.327. The molecule has 7 heteroatoms. The van der Waals surface area contributed by atoms with Gasteiger partial charge in [-0.2, -0.15) is 0 Å². The molecule has 3 heterocycles. The third kappa shape index (κ3) is 4.12. The standard InChI is InChI=1S/C25H22N4O2S/c1-16-12-20(29-31-16)18-8-10-19(11-9-18)23-13-21-24(32-23)25(27-15-26-21)28-22(14-30-2)17-6-4-3-5-7-17/h3-13,15,22H,14H2,1-2H3,(H,26,27,28). The summed E-state index contributed by atoms with van der Waals surface area (Å²) in [5.41, 5.74) is 5.06. The van der Waals surface area contributed by atoms with Crippen LogP contribution in [0.25, 0.3) is 31.9 Å². The molecule has 6 nitrogen and oxygen atoms in total. The van der Waals surface area contributed by atoms with Crippen LogP contribution >= 0.6 is 11.3 Å². The number of anilines is 1. The minimum absolute atomic E-state index is 0.00458. The molecule has 0 fully saturated rings. The summed E-state index contributed by atoms with van der Waals surface area (Å²) in [5.74, 6) is 1.61. The Morgan fingerprint density at radius 2 is 1.78 bits per heavy atom. The number of thiophene rings is 1. The zero-order chi connectivity index (χ0) is 21.9. The number of nitrogens with one attached hydrogen (secondary N) is 1. The lowest BCUT2D eigenvalue weighted by atomic mass is 10.1. The van der Waals surface area contributed by atoms with E-state index in [9.17, 15) is 0 Å². The molecule has 32 heavy (non-hydrogen) atoms. The summed E-state index contributed by atoms with van der Waals surface area (Å²) in [6.07, 6.45) is 1.60. The second kappa shape index (κ2) is 8.90. The number of hydrogen-bond acceptors (Lipinski definition) is 7. The van der Waals surface area contributed by atoms with Gasteiger partial charge in [-0.1, -0.05) is 59.8 Å². The van der Waals surface area contributed by atoms with Gasteiger partial charge in [0.2, 0.25) is 0 Å². The van der Waals surface area contributed by atoms with E-state index in [4.69, 9.17) is 9.26 Å². The Morgan fingerprint density at radius 3 is 2.50 bits per heavy atom. The van der Waals surface area contributed by atoms with Gasteiger partial charge in [0, 0.05) is 23.6 Å². The summed E-state index contributed by atoms with van der Waals surface area (Å²) >= 11 is 1.68. The highest BCUT2D eigenvalue weighted by atomic mass is 32.1. The zero-order valence-corrected chi connectivity index (χ0v) is 18.6. The summed E-state index contributed by atoms with van der Waals surface area (Å²) in [4.78, 5) is 10.2. The van der Waals surface area contributed by atoms with Crippen molar-refractivity contribution in [2.24, 2.45) is 0 Å². The van der Waals surface area contributed by atoms with E-state index in [1.54, 1.807) is 24.8 Å². The van der Waals surface area contributed by atoms with Gasteiger partial charge in [-0.3, -0.25) is 0 Å². The molecule has 0 spiro atoms. The molecule has 0 saturated carbocycles. The zero-order valence-electron chi connectivity index (χ0n) is 17.8. The number of ether oxygens (including phenoxy) is 1. The highest BCUT2D eigenvalue weighted by molar-refractivity contribution is 7.22. The van der Waals surface area contributed by atoms with Crippen LogP contribution < -0.4 is 5.32 Å². The fraction of sp³-hybridized carbons (Fsp3) is 0.160. The lowest BCUT2D eigenvalue weighted by molar-refractivity contribution is 0.186. The van der Waals surface area contributed by atoms with Crippen LogP contribution in [-0.4, -0.2) is 28.8 Å². The summed E-state index contributed by atoms with van der Waals surface area (Å²) in [6.45, 7) is 2.43. The highest BCUT2D eigenvalue weighted by Crippen LogP contribution is 2.37. The first-order valence-corrected chi connectivity index (χ1v) is 11.1. The summed E-state index contributed by atoms with van der Waals surface area (Å²) in [7, 11) is 1.71. The van der Waals surface area contributed by atoms with Gasteiger partial charge in [0.15, 0.2) is 0 Å². The Hall–Kier alpha value is -3.55. The minimum Gasteiger partial charge on any atom is -0.382 e. The van der Waals surface area contributed by atoms with Gasteiger partial charge < -0.3 is 14.6 Å². The van der Waals surface area contributed by atoms with E-state index in [0.29, 0.717) is 6.61 Å². The van der Waals surface area contributed by atoms with Crippen LogP contribution in [0.15, 0.2) is 77.6 Å². The Bertz CT molecular complexity index is 1330. The Kier molecular flexibility index (Phi) is 5.66. The first-order valence-electron chi connectivity index (χ1n) is 10.3. The maximum atomic E-state index is 5.45. The summed E-state index contributed by atoms with van der Waals surface area (Å²) in [6, 6.07) is 22.6. The second-order valence-corrected chi connectivity index (χ2v) is 8.56. The van der Waals surface area contributed by atoms with Crippen molar-refractivity contribution in [2.45, 2.75) is 13.0 Å². The van der Waals surface area contributed by atoms with Gasteiger partial charge in [0.1, 0.15) is 23.6 Å². The first kappa shape index (κ1) is 20.4. The van der Waals surface area contributed by atoms with Crippen LogP contribution in [0.5, 0.6) is 0 Å². The number of aryl methyl sites for hydroxylation is 1. The van der Waals surface area contributed by atoms with E-state index < -0.39 is 0 Å². The largest absolute Gasteiger partial charge is 0.382 e. The van der Waals surface area contributed by atoms with Crippen molar-refractivity contribution in [3.63, 3.8) is 0 Å². The number of benzene rings is 2. The molecule has 0 amide bonds. The molecule has 1 unspecified atom stereocenters. The first-order chi connectivity index (χ1) is 15.7. The molecule has 5 aromatic rings. The maximum Gasteiger partial charge on any atom is 0.148 e. The molecule has 2 aromatic carbocycles. The highest BCUT2D eigenvalue weighted by Gasteiger charge is 2.16. The fourth-order valence-corrected chi connectivity index (χ4v) is 4.71. The van der Waals surface area contributed by atoms with Gasteiger partial charge in [0.25, 0.3) is 0 Å². The van der Waals surface area contributed by atoms with Gasteiger partial charge in [-0.15, -0.1) is 11.3 Å². The molecular formula is C25H22N4O2S. The van der Waals surface area contributed by atoms with Crippen molar-refractivity contribution in [2.75, 3.05) is 19.0 Å². The van der Waals surface area contributed by atoms with Crippen molar-refractivity contribution >= 4 is 27.4 Å². The molecule has 5 rings (SSSR count). The lowest BCUT2D eigenvalue weighted by Gasteiger charge is -2.19. The molecular weight excluding hydrogens is 420 g/mol. The number of fused-ring (bicyclic) bond motifs is 1. The third-order valence-electron chi connectivity index (χ3n) is 5.25. The third-order valence-corrected chi connectivity index (χ3v) is 6.43. The number of methoxy groups -OCH3 is 1. The van der Waals surface area contributed by atoms with Gasteiger partial charge in [0.05, 0.1) is 22.9 Å². The topological polar surface area (TPSA) is 73.1 Å². The van der Waals surface area contributed by atoms with E-state index in [0.717, 1.165) is 49.1 Å². The van der Waals surface area contributed by atoms with Crippen molar-refractivity contribution < 1.29 is 9.26 Å². The molecule has 0 bridgehead atoms. The Labute approximate surface area is 189 Å². The van der Waals surface area contributed by atoms with Crippen molar-refractivity contribution in [1.29, 1.82) is 0 Å². The molecule has 0 saturated heterocycles. The van der Waals surface area contributed by atoms with Crippen LogP contribution in [-0.2, 0) is 4.74 Å². The molecule has 0 radical (unpaired) electrons. The average molecular weight is 443 g/mol. The van der Waals surface area contributed by atoms with Crippen molar-refractivity contribution in [3.8, 4) is 21.7 Å². The van der Waals surface area contributed by atoms with Crippen LogP contribution in [0.1, 0.15) is 17.4 Å². The predicted molar refractivity (Wildman–Crippen MR) is 128 cm³/mol. The van der Waals surface area contributed by atoms with Crippen molar-refractivity contribution in [1.82, 2.24) is 15.1 Å². The molecule has 3 aromatic heterocycles. The molecule has 1 N–H and O–H groups in total. The van der Waals surface area contributed by atoms with Gasteiger partial charge >= 0.3 is 0 Å². The second-order valence-electron chi connectivity index (χ2n) is 7.51. The molecule has 0 aliphatic heterocycles. The van der Waals surface area contributed by atoms with Crippen LogP contribution in [0, 0.1) is 6.92 Å². The number of rotatable bonds is 7. The SMILES string of the molecule is COCC(Nc1ncnc2cc(-c3ccc(-c4cc(C)on4)cc3)sc12)c1ccccc1. The van der Waals surface area contributed by atoms with Crippen LogP contribution in [0.4, 0.5) is 5.82 Å². The van der Waals surface area contributed by atoms with E-state index >= 15 is 0 Å². The smallest absolute Gasteiger partial charge is 0.148 e. The van der Waals surface area contributed by atoms with E-state index in [-0.39, 0.29) is 6.04 Å². The molecule has 160 valence electrons. The molecule has 0 aliphatic carbocycles. The lowest BCUT2D eigenvalue weighted by Crippen LogP contribution is -2.17. The minimum atomic E-state index is -0.00458. The number of nitrogens with zero attached hydrogens (tertiary/aromatic N) is 3. The van der Waals surface area contributed by atoms with Crippen LogP contribution in [0.2, 0.25) is 0 Å². The summed E-state index contributed by atoms with van der Waals surface area (Å²) in [5, 5.41) is 7.65. The van der Waals surface area contributed by atoms with Crippen LogP contribution in [0.3, 0.4) is 0 Å². The maximum absolute atomic E-state index is 5.45. The van der Waals surface area contributed by atoms with Gasteiger partial charge in [-0.05, 0) is 24.1 Å². The predicted octanol–water partition coefficient (Wildman–Crippen LogP) is 6.12. The Morgan fingerprint density at radius 1 is 1.00 bits per heavy atom. The normalized spacial score (nSPS) is 12.2. The monoisotopic (exact) mass is 442 g/mol. The van der Waals surface area contributed by atoms with Crippen molar-refractivity contribution in [3.05, 3.63) is 84.4 Å². The van der Waals surface area contributed by atoms with E-state index in [1.165, 1.54) is 0 Å². The summed E-state index contributed by atoms with van der Waals surface area (Å²) < 4.78 is 11.7. The van der Waals surface area contributed by atoms with Gasteiger partial charge in [-0.25, -0.2) is 9.97 Å². The molecule has 1 atom stereocenters. The molecule has 0 aliphatic rings. The Balaban J connectivity index is 1.45. The average Bonchev–Trinajstić information content (AvgIpc) is 3.46. The fourth-order valence-electron chi connectivity index (χ4n) is 3.65.